The second-order valence-electron chi connectivity index (χ2n) is 7.69. The first-order chi connectivity index (χ1) is 16.7. The van der Waals surface area contributed by atoms with E-state index < -0.39 is 34.3 Å². The van der Waals surface area contributed by atoms with Crippen LogP contribution >= 0.6 is 22.6 Å². The van der Waals surface area contributed by atoms with Crippen LogP contribution in [0.15, 0.2) is 56.2 Å². The molecule has 0 saturated carbocycles. The van der Waals surface area contributed by atoms with E-state index >= 15 is 0 Å². The number of azo groups is 1. The smallest absolute Gasteiger partial charge is 0.293 e. The largest absolute Gasteiger partial charge is 0.299 e. The normalized spacial score (nSPS) is 11.6. The average Bonchev–Trinajstić information content (AvgIpc) is 3.28. The number of benzene rings is 2. The molecule has 0 fully saturated rings. The summed E-state index contributed by atoms with van der Waals surface area (Å²) in [5.41, 5.74) is -1.21. The van der Waals surface area contributed by atoms with E-state index in [1.54, 1.807) is 42.9 Å². The van der Waals surface area contributed by atoms with Crippen molar-refractivity contribution in [1.29, 1.82) is 0 Å². The lowest BCUT2D eigenvalue weighted by Crippen LogP contribution is -2.19. The van der Waals surface area contributed by atoms with Crippen LogP contribution in [0.1, 0.15) is 23.9 Å². The van der Waals surface area contributed by atoms with E-state index in [2.05, 4.69) is 37.9 Å². The maximum atomic E-state index is 14.7. The number of nitrogens with zero attached hydrogens (tertiary/aromatic N) is 5. The van der Waals surface area contributed by atoms with Gasteiger partial charge in [0, 0.05) is 11.5 Å². The molecule has 4 rings (SSSR count). The van der Waals surface area contributed by atoms with Gasteiger partial charge < -0.3 is 0 Å². The van der Waals surface area contributed by atoms with Gasteiger partial charge in [-0.25, -0.2) is 22.5 Å². The molecule has 0 aliphatic carbocycles. The van der Waals surface area contributed by atoms with Gasteiger partial charge in [0.2, 0.25) is 0 Å². The molecule has 8 nitrogen and oxygen atoms in total. The highest BCUT2D eigenvalue weighted by Crippen LogP contribution is 2.26. The van der Waals surface area contributed by atoms with Crippen LogP contribution in [0.4, 0.5) is 24.5 Å². The molecule has 0 atom stereocenters. The maximum Gasteiger partial charge on any atom is 0.299 e. The number of alkyl halides is 1. The van der Waals surface area contributed by atoms with Crippen molar-refractivity contribution in [2.24, 2.45) is 17.3 Å². The second kappa shape index (κ2) is 9.68. The maximum absolute atomic E-state index is 14.7. The monoisotopic (exact) mass is 596 g/mol. The lowest BCUT2D eigenvalue weighted by molar-refractivity contribution is 0.479. The Labute approximate surface area is 210 Å². The van der Waals surface area contributed by atoms with Crippen molar-refractivity contribution >= 4 is 34.0 Å². The van der Waals surface area contributed by atoms with Crippen LogP contribution in [0, 0.1) is 24.4 Å². The number of H-pyrrole nitrogens is 1. The van der Waals surface area contributed by atoms with Gasteiger partial charge in [-0.2, -0.15) is 0 Å². The molecule has 0 saturated heterocycles. The van der Waals surface area contributed by atoms with Crippen LogP contribution in [0.25, 0.3) is 11.4 Å². The van der Waals surface area contributed by atoms with Crippen LogP contribution < -0.4 is 11.1 Å². The van der Waals surface area contributed by atoms with E-state index in [-0.39, 0.29) is 29.1 Å². The number of aromatic amines is 1. The van der Waals surface area contributed by atoms with Gasteiger partial charge in [-0.1, -0.05) is 47.7 Å². The predicted octanol–water partition coefficient (Wildman–Crippen LogP) is 5.29. The molecular weight excluding hydrogens is 576 g/mol. The molecule has 0 unspecified atom stereocenters. The van der Waals surface area contributed by atoms with E-state index in [0.29, 0.717) is 26.6 Å². The van der Waals surface area contributed by atoms with Crippen molar-refractivity contribution in [3.8, 4) is 11.4 Å². The first kappa shape index (κ1) is 24.7. The van der Waals surface area contributed by atoms with Gasteiger partial charge in [-0.05, 0) is 37.1 Å². The molecule has 0 bridgehead atoms. The Balaban J connectivity index is 1.88. The van der Waals surface area contributed by atoms with E-state index in [1.165, 1.54) is 11.6 Å². The van der Waals surface area contributed by atoms with Crippen molar-refractivity contribution in [1.82, 2.24) is 19.1 Å². The zero-order valence-corrected chi connectivity index (χ0v) is 21.1. The van der Waals surface area contributed by atoms with Crippen LogP contribution in [-0.2, 0) is 17.9 Å². The van der Waals surface area contributed by atoms with Crippen LogP contribution in [0.5, 0.6) is 0 Å². The van der Waals surface area contributed by atoms with Crippen LogP contribution in [0.2, 0.25) is 0 Å². The Kier molecular flexibility index (Phi) is 6.83. The molecule has 2 aromatic carbocycles. The summed E-state index contributed by atoms with van der Waals surface area (Å²) in [4.78, 5) is 26.2. The summed E-state index contributed by atoms with van der Waals surface area (Å²) in [7, 11) is 1.71. The number of aryl methyl sites for hydroxylation is 2. The summed E-state index contributed by atoms with van der Waals surface area (Å²) in [6.07, 6.45) is 0.232. The third-order valence-electron chi connectivity index (χ3n) is 5.57. The Hall–Kier alpha value is -3.42. The third-order valence-corrected chi connectivity index (χ3v) is 6.29. The summed E-state index contributed by atoms with van der Waals surface area (Å²) < 4.78 is 47.2. The molecule has 0 radical (unpaired) electrons. The van der Waals surface area contributed by atoms with Gasteiger partial charge in [0.15, 0.2) is 28.8 Å². The van der Waals surface area contributed by atoms with Crippen LogP contribution in [-0.4, -0.2) is 19.1 Å². The molecular formula is C23H20F3IN6O2. The summed E-state index contributed by atoms with van der Waals surface area (Å²) in [5, 5.41) is 10.7. The van der Waals surface area contributed by atoms with E-state index in [9.17, 15) is 22.8 Å². The van der Waals surface area contributed by atoms with Gasteiger partial charge in [0.25, 0.3) is 11.1 Å². The summed E-state index contributed by atoms with van der Waals surface area (Å²) in [5.74, 6) is -3.89. The van der Waals surface area contributed by atoms with Crippen LogP contribution in [0.3, 0.4) is 0 Å². The van der Waals surface area contributed by atoms with Gasteiger partial charge >= 0.3 is 0 Å². The number of halogens is 4. The minimum atomic E-state index is -1.51. The lowest BCUT2D eigenvalue weighted by Gasteiger charge is -2.08. The second-order valence-corrected chi connectivity index (χ2v) is 8.45. The molecule has 0 aliphatic heterocycles. The molecule has 0 aliphatic rings. The molecule has 12 heteroatoms. The Morgan fingerprint density at radius 2 is 1.66 bits per heavy atom. The number of para-hydroxylation sites is 1. The SMILES string of the molecule is CCc1[nH]n(-c2c(F)c(C)cc(F)c2F)c(=O)c1N=Nc1c(CI)n(C)n(-c2ccccc2)c1=O. The van der Waals surface area contributed by atoms with Crippen molar-refractivity contribution in [2.45, 2.75) is 24.7 Å². The van der Waals surface area contributed by atoms with Gasteiger partial charge in [-0.15, -0.1) is 10.2 Å². The number of aromatic nitrogens is 4. The van der Waals surface area contributed by atoms with Crippen molar-refractivity contribution in [2.75, 3.05) is 0 Å². The highest BCUT2D eigenvalue weighted by molar-refractivity contribution is 14.1. The summed E-state index contributed by atoms with van der Waals surface area (Å²) in [6, 6.07) is 9.66. The molecule has 0 spiro atoms. The molecule has 182 valence electrons. The fraction of sp³-hybridized carbons (Fsp3) is 0.217. The molecule has 4 aromatic rings. The lowest BCUT2D eigenvalue weighted by atomic mass is 10.2. The number of hydrogen-bond acceptors (Lipinski definition) is 4. The van der Waals surface area contributed by atoms with Crippen molar-refractivity contribution < 1.29 is 13.2 Å². The first-order valence-corrected chi connectivity index (χ1v) is 12.1. The fourth-order valence-corrected chi connectivity index (χ4v) is 4.59. The van der Waals surface area contributed by atoms with Gasteiger partial charge in [0.1, 0.15) is 5.69 Å². The van der Waals surface area contributed by atoms with Gasteiger partial charge in [-0.3, -0.25) is 19.4 Å². The van der Waals surface area contributed by atoms with Gasteiger partial charge in [0.05, 0.1) is 17.1 Å². The summed E-state index contributed by atoms with van der Waals surface area (Å²) in [6.45, 7) is 2.95. The van der Waals surface area contributed by atoms with E-state index in [4.69, 9.17) is 0 Å². The zero-order chi connectivity index (χ0) is 25.4. The minimum Gasteiger partial charge on any atom is -0.293 e. The quantitative estimate of drug-likeness (QED) is 0.142. The zero-order valence-electron chi connectivity index (χ0n) is 18.9. The highest BCUT2D eigenvalue weighted by Gasteiger charge is 2.24. The minimum absolute atomic E-state index is 0.0268. The third kappa shape index (κ3) is 4.15. The molecule has 0 amide bonds. The fourth-order valence-electron chi connectivity index (χ4n) is 3.73. The van der Waals surface area contributed by atoms with Crippen molar-refractivity contribution in [3.63, 3.8) is 0 Å². The molecule has 2 aromatic heterocycles. The predicted molar refractivity (Wildman–Crippen MR) is 133 cm³/mol. The Morgan fingerprint density at radius 1 is 1.00 bits per heavy atom. The topological polar surface area (TPSA) is 89.4 Å². The summed E-state index contributed by atoms with van der Waals surface area (Å²) >= 11 is 2.09. The highest BCUT2D eigenvalue weighted by atomic mass is 127. The number of nitrogens with one attached hydrogen (secondary N) is 1. The first-order valence-electron chi connectivity index (χ1n) is 10.5. The average molecular weight is 596 g/mol. The molecule has 2 heterocycles. The number of rotatable bonds is 6. The van der Waals surface area contributed by atoms with E-state index in [1.807, 2.05) is 6.07 Å². The Morgan fingerprint density at radius 3 is 2.29 bits per heavy atom. The molecule has 1 N–H and O–H groups in total. The van der Waals surface area contributed by atoms with E-state index in [0.717, 1.165) is 0 Å². The van der Waals surface area contributed by atoms with Crippen molar-refractivity contribution in [3.05, 3.63) is 91.5 Å². The molecule has 35 heavy (non-hydrogen) atoms. The standard InChI is InChI=1S/C23H20F3IN6O2/c1-4-15-19(22(34)32(30-15)21-17(25)12(2)10-14(24)18(21)26)28-29-20-16(11-27)31(3)33(23(20)35)13-8-6-5-7-9-13/h5-10,30H,4,11H2,1-3H3. The number of hydrogen-bond donors (Lipinski definition) is 1. The Bertz CT molecular complexity index is 1540.